The third-order valence-corrected chi connectivity index (χ3v) is 5.82. The number of carboxylic acid groups (broad SMARTS) is 1. The van der Waals surface area contributed by atoms with E-state index in [9.17, 15) is 9.59 Å². The molecule has 1 aromatic heterocycles. The van der Waals surface area contributed by atoms with Crippen LogP contribution in [0.15, 0.2) is 41.1 Å². The number of imidazole rings is 1. The SMILES string of the molecule is CN(C(=O)O)[C@H]1CC[C@H](C(=O)N[C@@H](Cc2ccccc2)c2nc(Br)c[nH]2)CC1. The first-order valence-corrected chi connectivity index (χ1v) is 10.2. The summed E-state index contributed by atoms with van der Waals surface area (Å²) in [7, 11) is 1.60. The zero-order chi connectivity index (χ0) is 20.1. The van der Waals surface area contributed by atoms with Gasteiger partial charge in [-0.1, -0.05) is 30.3 Å². The summed E-state index contributed by atoms with van der Waals surface area (Å²) in [6.45, 7) is 0. The summed E-state index contributed by atoms with van der Waals surface area (Å²) < 4.78 is 0.701. The van der Waals surface area contributed by atoms with Crippen molar-refractivity contribution >= 4 is 27.9 Å². The van der Waals surface area contributed by atoms with Crippen molar-refractivity contribution in [3.63, 3.8) is 0 Å². The molecule has 1 fully saturated rings. The van der Waals surface area contributed by atoms with E-state index >= 15 is 0 Å². The molecule has 2 aromatic rings. The first-order valence-electron chi connectivity index (χ1n) is 9.45. The Kier molecular flexibility index (Phi) is 6.72. The number of hydrogen-bond acceptors (Lipinski definition) is 3. The fourth-order valence-electron chi connectivity index (χ4n) is 3.73. The summed E-state index contributed by atoms with van der Waals surface area (Å²) in [6, 6.07) is 9.73. The second-order valence-electron chi connectivity index (χ2n) is 7.26. The highest BCUT2D eigenvalue weighted by atomic mass is 79.9. The Morgan fingerprint density at radius 2 is 1.96 bits per heavy atom. The van der Waals surface area contributed by atoms with Crippen molar-refractivity contribution < 1.29 is 14.7 Å². The lowest BCUT2D eigenvalue weighted by atomic mass is 9.84. The third-order valence-electron chi connectivity index (χ3n) is 5.41. The maximum Gasteiger partial charge on any atom is 0.407 e. The lowest BCUT2D eigenvalue weighted by Crippen LogP contribution is -2.42. The Labute approximate surface area is 172 Å². The highest BCUT2D eigenvalue weighted by Crippen LogP contribution is 2.28. The molecule has 0 bridgehead atoms. The number of carbonyl (C=O) groups excluding carboxylic acids is 1. The monoisotopic (exact) mass is 448 g/mol. The minimum Gasteiger partial charge on any atom is -0.465 e. The minimum absolute atomic E-state index is 0.00452. The van der Waals surface area contributed by atoms with Crippen LogP contribution in [0, 0.1) is 5.92 Å². The van der Waals surface area contributed by atoms with E-state index in [0.29, 0.717) is 42.5 Å². The average molecular weight is 449 g/mol. The van der Waals surface area contributed by atoms with Gasteiger partial charge in [-0.15, -0.1) is 0 Å². The zero-order valence-corrected chi connectivity index (χ0v) is 17.4. The van der Waals surface area contributed by atoms with Gasteiger partial charge in [0, 0.05) is 25.2 Å². The Morgan fingerprint density at radius 1 is 1.29 bits per heavy atom. The number of carbonyl (C=O) groups is 2. The minimum atomic E-state index is -0.917. The number of amides is 2. The smallest absolute Gasteiger partial charge is 0.407 e. The molecule has 0 unspecified atom stereocenters. The van der Waals surface area contributed by atoms with Gasteiger partial charge in [0.25, 0.3) is 0 Å². The summed E-state index contributed by atoms with van der Waals surface area (Å²) in [5.74, 6) is 0.614. The molecule has 1 aliphatic rings. The van der Waals surface area contributed by atoms with Gasteiger partial charge in [0.05, 0.1) is 6.04 Å². The molecule has 1 saturated carbocycles. The molecular formula is C20H25BrN4O3. The molecule has 7 nitrogen and oxygen atoms in total. The predicted molar refractivity (Wildman–Crippen MR) is 109 cm³/mol. The van der Waals surface area contributed by atoms with Gasteiger partial charge >= 0.3 is 6.09 Å². The van der Waals surface area contributed by atoms with Gasteiger partial charge < -0.3 is 20.3 Å². The van der Waals surface area contributed by atoms with E-state index in [2.05, 4.69) is 31.2 Å². The van der Waals surface area contributed by atoms with Crippen LogP contribution in [0.2, 0.25) is 0 Å². The standard InChI is InChI=1S/C20H25BrN4O3/c1-25(20(27)28)15-9-7-14(8-10-15)19(26)23-16(18-22-12-17(21)24-18)11-13-5-3-2-4-6-13/h2-6,12,14-16H,7-11H2,1H3,(H,22,24)(H,23,26)(H,27,28)/t14-,15-,16-/m0/s1. The summed E-state index contributed by atoms with van der Waals surface area (Å²) in [5.41, 5.74) is 1.12. The van der Waals surface area contributed by atoms with Crippen LogP contribution < -0.4 is 5.32 Å². The number of nitrogens with zero attached hydrogens (tertiary/aromatic N) is 2. The van der Waals surface area contributed by atoms with Crippen LogP contribution in [0.3, 0.4) is 0 Å². The molecule has 0 radical (unpaired) electrons. The van der Waals surface area contributed by atoms with E-state index in [1.165, 1.54) is 4.90 Å². The lowest BCUT2D eigenvalue weighted by Gasteiger charge is -2.33. The van der Waals surface area contributed by atoms with Crippen LogP contribution in [0.1, 0.15) is 43.1 Å². The zero-order valence-electron chi connectivity index (χ0n) is 15.8. The number of aromatic amines is 1. The molecule has 0 saturated heterocycles. The highest BCUT2D eigenvalue weighted by molar-refractivity contribution is 9.10. The molecular weight excluding hydrogens is 424 g/mol. The highest BCUT2D eigenvalue weighted by Gasteiger charge is 2.31. The van der Waals surface area contributed by atoms with Crippen molar-refractivity contribution in [3.05, 3.63) is 52.5 Å². The quantitative estimate of drug-likeness (QED) is 0.626. The third kappa shape index (κ3) is 5.13. The van der Waals surface area contributed by atoms with Crippen LogP contribution in [0.25, 0.3) is 0 Å². The van der Waals surface area contributed by atoms with Crippen molar-refractivity contribution in [2.45, 2.75) is 44.2 Å². The van der Waals surface area contributed by atoms with Gasteiger partial charge in [-0.3, -0.25) is 4.79 Å². The van der Waals surface area contributed by atoms with Gasteiger partial charge in [0.2, 0.25) is 5.91 Å². The van der Waals surface area contributed by atoms with Crippen LogP contribution in [-0.2, 0) is 11.2 Å². The molecule has 1 heterocycles. The molecule has 1 aliphatic carbocycles. The van der Waals surface area contributed by atoms with Crippen LogP contribution in [-0.4, -0.2) is 45.1 Å². The maximum atomic E-state index is 12.9. The Balaban J connectivity index is 1.64. The fraction of sp³-hybridized carbons (Fsp3) is 0.450. The molecule has 28 heavy (non-hydrogen) atoms. The molecule has 0 spiro atoms. The Bertz CT molecular complexity index is 803. The fourth-order valence-corrected chi connectivity index (χ4v) is 4.03. The number of benzene rings is 1. The topological polar surface area (TPSA) is 98.3 Å². The van der Waals surface area contributed by atoms with E-state index in [4.69, 9.17) is 5.11 Å². The molecule has 150 valence electrons. The summed E-state index contributed by atoms with van der Waals surface area (Å²) >= 11 is 3.35. The number of H-pyrrole nitrogens is 1. The van der Waals surface area contributed by atoms with Gasteiger partial charge in [-0.05, 0) is 53.6 Å². The maximum absolute atomic E-state index is 12.9. The van der Waals surface area contributed by atoms with Gasteiger partial charge in [-0.2, -0.15) is 0 Å². The van der Waals surface area contributed by atoms with E-state index in [1.54, 1.807) is 13.2 Å². The van der Waals surface area contributed by atoms with E-state index < -0.39 is 6.09 Å². The Hall–Kier alpha value is -2.35. The van der Waals surface area contributed by atoms with E-state index in [-0.39, 0.29) is 23.9 Å². The number of halogens is 1. The summed E-state index contributed by atoms with van der Waals surface area (Å²) in [4.78, 5) is 32.9. The van der Waals surface area contributed by atoms with Crippen LogP contribution >= 0.6 is 15.9 Å². The van der Waals surface area contributed by atoms with Gasteiger partial charge in [0.1, 0.15) is 10.4 Å². The summed E-state index contributed by atoms with van der Waals surface area (Å²) in [6.07, 6.45) is 4.27. The second kappa shape index (κ2) is 9.23. The van der Waals surface area contributed by atoms with Crippen molar-refractivity contribution in [1.82, 2.24) is 20.2 Å². The van der Waals surface area contributed by atoms with Crippen molar-refractivity contribution in [2.75, 3.05) is 7.05 Å². The molecule has 3 rings (SSSR count). The molecule has 1 aromatic carbocycles. The van der Waals surface area contributed by atoms with Gasteiger partial charge in [-0.25, -0.2) is 9.78 Å². The average Bonchev–Trinajstić information content (AvgIpc) is 3.14. The van der Waals surface area contributed by atoms with Crippen molar-refractivity contribution in [2.24, 2.45) is 5.92 Å². The molecule has 0 aliphatic heterocycles. The molecule has 8 heteroatoms. The number of nitrogens with one attached hydrogen (secondary N) is 2. The summed E-state index contributed by atoms with van der Waals surface area (Å²) in [5, 5.41) is 12.3. The lowest BCUT2D eigenvalue weighted by molar-refractivity contribution is -0.127. The largest absolute Gasteiger partial charge is 0.465 e. The predicted octanol–water partition coefficient (Wildman–Crippen LogP) is 3.74. The van der Waals surface area contributed by atoms with Gasteiger partial charge in [0.15, 0.2) is 0 Å². The van der Waals surface area contributed by atoms with Crippen LogP contribution in [0.4, 0.5) is 4.79 Å². The van der Waals surface area contributed by atoms with Crippen LogP contribution in [0.5, 0.6) is 0 Å². The van der Waals surface area contributed by atoms with Crippen molar-refractivity contribution in [3.8, 4) is 0 Å². The molecule has 2 amide bonds. The van der Waals surface area contributed by atoms with E-state index in [1.807, 2.05) is 30.3 Å². The first kappa shape index (κ1) is 20.4. The number of hydrogen-bond donors (Lipinski definition) is 3. The molecule has 3 N–H and O–H groups in total. The van der Waals surface area contributed by atoms with E-state index in [0.717, 1.165) is 5.56 Å². The molecule has 1 atom stereocenters. The number of rotatable bonds is 6. The van der Waals surface area contributed by atoms with Crippen molar-refractivity contribution in [1.29, 1.82) is 0 Å². The first-order chi connectivity index (χ1) is 13.4. The second-order valence-corrected chi connectivity index (χ2v) is 8.07. The Morgan fingerprint density at radius 3 is 2.54 bits per heavy atom. The number of aromatic nitrogens is 2. The normalized spacial score (nSPS) is 20.4.